The van der Waals surface area contributed by atoms with Crippen molar-refractivity contribution >= 4 is 34.7 Å². The Balaban J connectivity index is 1.57. The summed E-state index contributed by atoms with van der Waals surface area (Å²) in [4.78, 5) is 26.1. The molecule has 3 N–H and O–H groups in total. The summed E-state index contributed by atoms with van der Waals surface area (Å²) in [6.45, 7) is 5.15. The zero-order valence-electron chi connectivity index (χ0n) is 17.0. The van der Waals surface area contributed by atoms with E-state index >= 15 is 0 Å². The van der Waals surface area contributed by atoms with E-state index in [0.29, 0.717) is 43.2 Å². The van der Waals surface area contributed by atoms with E-state index in [1.165, 1.54) is 0 Å². The molecule has 8 heteroatoms. The predicted molar refractivity (Wildman–Crippen MR) is 119 cm³/mol. The van der Waals surface area contributed by atoms with E-state index in [1.807, 2.05) is 13.0 Å². The number of aryl methyl sites for hydroxylation is 1. The molecule has 1 amide bonds. The Morgan fingerprint density at radius 3 is 2.63 bits per heavy atom. The second-order valence-corrected chi connectivity index (χ2v) is 7.59. The van der Waals surface area contributed by atoms with Gasteiger partial charge in [-0.2, -0.15) is 0 Å². The van der Waals surface area contributed by atoms with Gasteiger partial charge in [0.05, 0.1) is 13.2 Å². The molecule has 1 heterocycles. The zero-order valence-corrected chi connectivity index (χ0v) is 17.8. The van der Waals surface area contributed by atoms with Crippen molar-refractivity contribution in [2.45, 2.75) is 20.0 Å². The van der Waals surface area contributed by atoms with Crippen LogP contribution in [-0.4, -0.2) is 54.1 Å². The average Bonchev–Trinajstić information content (AvgIpc) is 2.72. The van der Waals surface area contributed by atoms with Gasteiger partial charge in [0.25, 0.3) is 5.91 Å². The molecule has 0 radical (unpaired) electrons. The number of hydrogen-bond acceptors (Lipinski definition) is 5. The molecule has 1 aliphatic heterocycles. The third-order valence-corrected chi connectivity index (χ3v) is 4.94. The number of ketones is 1. The first-order valence-corrected chi connectivity index (χ1v) is 10.1. The fourth-order valence-corrected chi connectivity index (χ4v) is 3.45. The third kappa shape index (κ3) is 5.55. The summed E-state index contributed by atoms with van der Waals surface area (Å²) in [5.74, 6) is 0.635. The number of rotatable bonds is 6. The van der Waals surface area contributed by atoms with Gasteiger partial charge >= 0.3 is 0 Å². The highest BCUT2D eigenvalue weighted by Gasteiger charge is 2.25. The van der Waals surface area contributed by atoms with Gasteiger partial charge in [0, 0.05) is 23.4 Å². The second-order valence-electron chi connectivity index (χ2n) is 7.15. The fourth-order valence-electron chi connectivity index (χ4n) is 3.34. The van der Waals surface area contributed by atoms with Crippen LogP contribution in [0.15, 0.2) is 42.5 Å². The van der Waals surface area contributed by atoms with Gasteiger partial charge in [0.1, 0.15) is 18.5 Å². The zero-order chi connectivity index (χ0) is 21.7. The van der Waals surface area contributed by atoms with Crippen LogP contribution in [0.4, 0.5) is 5.69 Å². The molecule has 1 atom stereocenters. The van der Waals surface area contributed by atoms with Gasteiger partial charge in [-0.25, -0.2) is 0 Å². The molecule has 0 aromatic heterocycles. The first-order valence-electron chi connectivity index (χ1n) is 9.65. The van der Waals surface area contributed by atoms with Gasteiger partial charge in [-0.05, 0) is 74.1 Å². The Morgan fingerprint density at radius 1 is 1.27 bits per heavy atom. The maximum Gasteiger partial charge on any atom is 0.254 e. The molecular formula is C22H25N3O4S. The quantitative estimate of drug-likeness (QED) is 0.541. The van der Waals surface area contributed by atoms with Crippen LogP contribution in [0.2, 0.25) is 0 Å². The van der Waals surface area contributed by atoms with Crippen molar-refractivity contribution in [2.24, 2.45) is 5.73 Å². The van der Waals surface area contributed by atoms with E-state index < -0.39 is 0 Å². The lowest BCUT2D eigenvalue weighted by Crippen LogP contribution is -2.47. The number of carbonyl (C=O) groups excluding carboxylic acids is 2. The van der Waals surface area contributed by atoms with E-state index in [0.717, 1.165) is 11.3 Å². The van der Waals surface area contributed by atoms with Crippen LogP contribution in [0.25, 0.3) is 0 Å². The number of anilines is 1. The van der Waals surface area contributed by atoms with Crippen molar-refractivity contribution in [3.05, 3.63) is 59.2 Å². The van der Waals surface area contributed by atoms with Gasteiger partial charge < -0.3 is 25.4 Å². The number of hydrogen-bond donors (Lipinski definition) is 2. The van der Waals surface area contributed by atoms with Crippen LogP contribution in [0.5, 0.6) is 5.75 Å². The van der Waals surface area contributed by atoms with Crippen molar-refractivity contribution in [1.82, 2.24) is 4.90 Å². The molecule has 0 bridgehead atoms. The minimum atomic E-state index is -0.231. The van der Waals surface area contributed by atoms with Gasteiger partial charge in [-0.1, -0.05) is 0 Å². The summed E-state index contributed by atoms with van der Waals surface area (Å²) < 4.78 is 11.6. The van der Waals surface area contributed by atoms with Gasteiger partial charge in [-0.15, -0.1) is 0 Å². The fraction of sp³-hybridized carbons (Fsp3) is 0.318. The van der Waals surface area contributed by atoms with E-state index in [4.69, 9.17) is 27.4 Å². The van der Waals surface area contributed by atoms with Gasteiger partial charge in [-0.3, -0.25) is 9.59 Å². The number of benzene rings is 2. The van der Waals surface area contributed by atoms with Crippen LogP contribution < -0.4 is 15.8 Å². The van der Waals surface area contributed by atoms with Crippen molar-refractivity contribution in [3.8, 4) is 5.75 Å². The average molecular weight is 428 g/mol. The van der Waals surface area contributed by atoms with E-state index in [2.05, 4.69) is 5.32 Å². The molecule has 1 unspecified atom stereocenters. The number of nitrogens with one attached hydrogen (secondary N) is 1. The maximum absolute atomic E-state index is 12.8. The standard InChI is InChI=1S/C22H25N3O4S/c1-14-11-18(7-8-20(14)15(2)26)29-13-19-12-25(9-10-28-19)21(27)16-3-5-17(6-4-16)24-22(23)30/h3-8,11,19H,9-10,12-13H2,1-2H3,(H3,23,24,30). The lowest BCUT2D eigenvalue weighted by molar-refractivity contribution is -0.0401. The summed E-state index contributed by atoms with van der Waals surface area (Å²) in [5.41, 5.74) is 8.33. The number of Topliss-reactive ketones (excluding diaryl/α,β-unsaturated/α-hetero) is 1. The first-order chi connectivity index (χ1) is 14.3. The number of morpholine rings is 1. The van der Waals surface area contributed by atoms with Crippen molar-refractivity contribution in [2.75, 3.05) is 31.6 Å². The number of nitrogens with two attached hydrogens (primary N) is 1. The smallest absolute Gasteiger partial charge is 0.254 e. The molecule has 7 nitrogen and oxygen atoms in total. The lowest BCUT2D eigenvalue weighted by atomic mass is 10.1. The Kier molecular flexibility index (Phi) is 7.02. The molecular weight excluding hydrogens is 402 g/mol. The van der Waals surface area contributed by atoms with E-state index in [-0.39, 0.29) is 22.9 Å². The second kappa shape index (κ2) is 9.69. The molecule has 1 aliphatic rings. The number of amides is 1. The minimum Gasteiger partial charge on any atom is -0.491 e. The predicted octanol–water partition coefficient (Wildman–Crippen LogP) is 2.77. The summed E-state index contributed by atoms with van der Waals surface area (Å²) in [6, 6.07) is 12.4. The maximum atomic E-state index is 12.8. The van der Waals surface area contributed by atoms with E-state index in [9.17, 15) is 9.59 Å². The monoisotopic (exact) mass is 427 g/mol. The molecule has 0 spiro atoms. The largest absolute Gasteiger partial charge is 0.491 e. The molecule has 0 aliphatic carbocycles. The Bertz CT molecular complexity index is 946. The summed E-state index contributed by atoms with van der Waals surface area (Å²) in [6.07, 6.45) is -0.231. The third-order valence-electron chi connectivity index (χ3n) is 4.84. The molecule has 1 fully saturated rings. The van der Waals surface area contributed by atoms with Crippen LogP contribution in [-0.2, 0) is 4.74 Å². The Hall–Kier alpha value is -2.97. The number of nitrogens with zero attached hydrogens (tertiary/aromatic N) is 1. The number of ether oxygens (including phenoxy) is 2. The van der Waals surface area contributed by atoms with Gasteiger partial charge in [0.15, 0.2) is 10.9 Å². The number of thiocarbonyl (C=S) groups is 1. The normalized spacial score (nSPS) is 16.1. The molecule has 30 heavy (non-hydrogen) atoms. The van der Waals surface area contributed by atoms with Crippen LogP contribution >= 0.6 is 12.2 Å². The summed E-state index contributed by atoms with van der Waals surface area (Å²) in [5, 5.41) is 3.01. The molecule has 2 aromatic carbocycles. The number of carbonyl (C=O) groups is 2. The van der Waals surface area contributed by atoms with Crippen molar-refractivity contribution < 1.29 is 19.1 Å². The SMILES string of the molecule is CC(=O)c1ccc(OCC2CN(C(=O)c3ccc(NC(N)=S)cc3)CCO2)cc1C. The first kappa shape index (κ1) is 21.7. The topological polar surface area (TPSA) is 93.9 Å². The summed E-state index contributed by atoms with van der Waals surface area (Å²) in [7, 11) is 0. The summed E-state index contributed by atoms with van der Waals surface area (Å²) >= 11 is 4.81. The van der Waals surface area contributed by atoms with Crippen LogP contribution in [0, 0.1) is 6.92 Å². The Labute approximate surface area is 181 Å². The van der Waals surface area contributed by atoms with E-state index in [1.54, 1.807) is 48.2 Å². The minimum absolute atomic E-state index is 0.0263. The molecule has 158 valence electrons. The highest BCUT2D eigenvalue weighted by Crippen LogP contribution is 2.19. The van der Waals surface area contributed by atoms with Gasteiger partial charge in [0.2, 0.25) is 0 Å². The highest BCUT2D eigenvalue weighted by atomic mass is 32.1. The molecule has 3 rings (SSSR count). The van der Waals surface area contributed by atoms with Crippen LogP contribution in [0.1, 0.15) is 33.2 Å². The molecule has 0 saturated carbocycles. The van der Waals surface area contributed by atoms with Crippen LogP contribution in [0.3, 0.4) is 0 Å². The Morgan fingerprint density at radius 2 is 2.00 bits per heavy atom. The molecule has 1 saturated heterocycles. The lowest BCUT2D eigenvalue weighted by Gasteiger charge is -2.33. The van der Waals surface area contributed by atoms with Crippen molar-refractivity contribution in [1.29, 1.82) is 0 Å². The highest BCUT2D eigenvalue weighted by molar-refractivity contribution is 7.80. The van der Waals surface area contributed by atoms with Crippen molar-refractivity contribution in [3.63, 3.8) is 0 Å². The molecule has 2 aromatic rings.